The van der Waals surface area contributed by atoms with Gasteiger partial charge in [-0.25, -0.2) is 0 Å². The topological polar surface area (TPSA) is 0 Å². The average molecular weight is 316 g/mol. The van der Waals surface area contributed by atoms with Gasteiger partial charge in [-0.15, -0.1) is 34.8 Å². The first-order valence-electron chi connectivity index (χ1n) is 4.14. The van der Waals surface area contributed by atoms with Gasteiger partial charge in [0.05, 0.1) is 0 Å². The first-order valence-corrected chi connectivity index (χ1v) is 6.87. The Bertz CT molecular complexity index is 281. The molecule has 4 heteroatoms. The average Bonchev–Trinajstić information content (AvgIpc) is 2.26. The van der Waals surface area contributed by atoms with Crippen LogP contribution in [0.5, 0.6) is 0 Å². The van der Waals surface area contributed by atoms with Gasteiger partial charge in [0.25, 0.3) is 0 Å². The van der Waals surface area contributed by atoms with Crippen LogP contribution in [-0.4, -0.2) is 0 Å². The summed E-state index contributed by atoms with van der Waals surface area (Å²) in [5, 5.41) is 0.793. The quantitative estimate of drug-likeness (QED) is 0.700. The summed E-state index contributed by atoms with van der Waals surface area (Å²) in [5.41, 5.74) is 4.44. The Hall–Kier alpha value is 0.570. The van der Waals surface area contributed by atoms with Crippen molar-refractivity contribution in [3.8, 4) is 0 Å². The predicted molar refractivity (Wildman–Crippen MR) is 67.7 cm³/mol. The maximum absolute atomic E-state index is 5.90. The van der Waals surface area contributed by atoms with Gasteiger partial charge in [-0.3, -0.25) is 0 Å². The van der Waals surface area contributed by atoms with Crippen molar-refractivity contribution in [3.05, 3.63) is 34.4 Å². The van der Waals surface area contributed by atoms with Crippen molar-refractivity contribution in [2.24, 2.45) is 0 Å². The number of benzene rings is 1. The van der Waals surface area contributed by atoms with E-state index in [9.17, 15) is 0 Å². The lowest BCUT2D eigenvalue weighted by atomic mass is 10.00. The molecule has 78 valence electrons. The van der Waals surface area contributed by atoms with Crippen molar-refractivity contribution < 1.29 is 0 Å². The van der Waals surface area contributed by atoms with Gasteiger partial charge in [0, 0.05) is 23.0 Å². The number of hydrogen-bond donors (Lipinski definition) is 0. The molecule has 0 aromatic heterocycles. The summed E-state index contributed by atoms with van der Waals surface area (Å²) in [7, 11) is 0. The third-order valence-corrected chi connectivity index (χ3v) is 3.61. The standard InChI is InChI=1S/C10H10BrCl3/c11-3-7-1-2-8(4-12)10(6-14)9(7)5-13/h1-2H,3-6H2. The van der Waals surface area contributed by atoms with Crippen molar-refractivity contribution in [1.82, 2.24) is 0 Å². The van der Waals surface area contributed by atoms with Crippen LogP contribution in [0.2, 0.25) is 0 Å². The van der Waals surface area contributed by atoms with Gasteiger partial charge >= 0.3 is 0 Å². The second-order valence-electron chi connectivity index (χ2n) is 2.88. The highest BCUT2D eigenvalue weighted by molar-refractivity contribution is 9.08. The molecule has 0 N–H and O–H groups in total. The summed E-state index contributed by atoms with van der Waals surface area (Å²) in [6, 6.07) is 4.05. The normalized spacial score (nSPS) is 10.6. The van der Waals surface area contributed by atoms with E-state index in [1.54, 1.807) is 0 Å². The first-order chi connectivity index (χ1) is 6.78. The lowest BCUT2D eigenvalue weighted by Gasteiger charge is -2.13. The molecule has 0 spiro atoms. The summed E-state index contributed by atoms with van der Waals surface area (Å²) >= 11 is 21.0. The molecule has 0 nitrogen and oxygen atoms in total. The number of rotatable bonds is 4. The third kappa shape index (κ3) is 2.57. The first kappa shape index (κ1) is 12.6. The van der Waals surface area contributed by atoms with E-state index in [0.717, 1.165) is 22.0 Å². The van der Waals surface area contributed by atoms with Crippen LogP contribution in [0.1, 0.15) is 22.3 Å². The van der Waals surface area contributed by atoms with Crippen molar-refractivity contribution in [2.45, 2.75) is 23.0 Å². The molecule has 0 fully saturated rings. The molecule has 0 amide bonds. The third-order valence-electron chi connectivity index (χ3n) is 2.18. The minimum Gasteiger partial charge on any atom is -0.122 e. The van der Waals surface area contributed by atoms with Crippen molar-refractivity contribution >= 4 is 50.7 Å². The molecule has 14 heavy (non-hydrogen) atoms. The maximum Gasteiger partial charge on any atom is 0.0480 e. The molecule has 1 rings (SSSR count). The molecule has 0 radical (unpaired) electrons. The van der Waals surface area contributed by atoms with E-state index in [4.69, 9.17) is 34.8 Å². The lowest BCUT2D eigenvalue weighted by Crippen LogP contribution is -1.99. The minimum atomic E-state index is 0.463. The Kier molecular flexibility index (Phi) is 5.61. The Balaban J connectivity index is 3.28. The molecular weight excluding hydrogens is 306 g/mol. The summed E-state index contributed by atoms with van der Waals surface area (Å²) in [4.78, 5) is 0. The molecule has 0 aliphatic heterocycles. The SMILES string of the molecule is ClCc1ccc(CBr)c(CCl)c1CCl. The van der Waals surface area contributed by atoms with Crippen LogP contribution in [0, 0.1) is 0 Å². The van der Waals surface area contributed by atoms with E-state index in [2.05, 4.69) is 15.9 Å². The summed E-state index contributed by atoms with van der Waals surface area (Å²) in [6.07, 6.45) is 0. The molecular formula is C10H10BrCl3. The van der Waals surface area contributed by atoms with E-state index in [0.29, 0.717) is 17.6 Å². The van der Waals surface area contributed by atoms with Crippen molar-refractivity contribution in [2.75, 3.05) is 0 Å². The van der Waals surface area contributed by atoms with Gasteiger partial charge in [0.2, 0.25) is 0 Å². The highest BCUT2D eigenvalue weighted by Gasteiger charge is 2.10. The zero-order valence-corrected chi connectivity index (χ0v) is 11.3. The molecule has 0 saturated heterocycles. The van der Waals surface area contributed by atoms with E-state index >= 15 is 0 Å². The predicted octanol–water partition coefficient (Wildman–Crippen LogP) is 4.80. The fourth-order valence-electron chi connectivity index (χ4n) is 1.37. The zero-order valence-electron chi connectivity index (χ0n) is 7.49. The molecule has 0 heterocycles. The summed E-state index contributed by atoms with van der Waals surface area (Å²) in [5.74, 6) is 1.42. The van der Waals surface area contributed by atoms with Crippen LogP contribution in [-0.2, 0) is 23.0 Å². The lowest BCUT2D eigenvalue weighted by molar-refractivity contribution is 1.15. The molecule has 0 aliphatic rings. The van der Waals surface area contributed by atoms with Gasteiger partial charge in [0.1, 0.15) is 0 Å². The van der Waals surface area contributed by atoms with Crippen LogP contribution >= 0.6 is 50.7 Å². The molecule has 0 aliphatic carbocycles. The van der Waals surface area contributed by atoms with Crippen LogP contribution in [0.15, 0.2) is 12.1 Å². The van der Waals surface area contributed by atoms with Crippen LogP contribution in [0.25, 0.3) is 0 Å². The maximum atomic E-state index is 5.90. The van der Waals surface area contributed by atoms with Gasteiger partial charge in [-0.2, -0.15) is 0 Å². The minimum absolute atomic E-state index is 0.463. The number of alkyl halides is 4. The van der Waals surface area contributed by atoms with E-state index in [-0.39, 0.29) is 0 Å². The summed E-state index contributed by atoms with van der Waals surface area (Å²) < 4.78 is 0. The Morgan fingerprint density at radius 2 is 1.36 bits per heavy atom. The highest BCUT2D eigenvalue weighted by Crippen LogP contribution is 2.25. The molecule has 1 aromatic carbocycles. The Morgan fingerprint density at radius 1 is 0.857 bits per heavy atom. The smallest absolute Gasteiger partial charge is 0.0480 e. The van der Waals surface area contributed by atoms with Gasteiger partial charge in [0.15, 0.2) is 0 Å². The summed E-state index contributed by atoms with van der Waals surface area (Å²) in [6.45, 7) is 0. The van der Waals surface area contributed by atoms with Gasteiger partial charge in [-0.1, -0.05) is 28.1 Å². The molecule has 0 unspecified atom stereocenters. The molecule has 0 saturated carbocycles. The van der Waals surface area contributed by atoms with E-state index < -0.39 is 0 Å². The number of halogens is 4. The fourth-order valence-corrected chi connectivity index (χ4v) is 2.81. The van der Waals surface area contributed by atoms with Crippen LogP contribution < -0.4 is 0 Å². The highest BCUT2D eigenvalue weighted by atomic mass is 79.9. The largest absolute Gasteiger partial charge is 0.122 e. The molecule has 0 atom stereocenters. The molecule has 1 aromatic rings. The second kappa shape index (κ2) is 6.22. The molecule has 0 bridgehead atoms. The van der Waals surface area contributed by atoms with Gasteiger partial charge in [-0.05, 0) is 22.3 Å². The van der Waals surface area contributed by atoms with Crippen molar-refractivity contribution in [1.29, 1.82) is 0 Å². The second-order valence-corrected chi connectivity index (χ2v) is 4.24. The van der Waals surface area contributed by atoms with Crippen molar-refractivity contribution in [3.63, 3.8) is 0 Å². The Morgan fingerprint density at radius 3 is 1.79 bits per heavy atom. The fraction of sp³-hybridized carbons (Fsp3) is 0.400. The van der Waals surface area contributed by atoms with Gasteiger partial charge < -0.3 is 0 Å². The van der Waals surface area contributed by atoms with Crippen LogP contribution in [0.3, 0.4) is 0 Å². The zero-order chi connectivity index (χ0) is 10.6. The van der Waals surface area contributed by atoms with E-state index in [1.807, 2.05) is 12.1 Å². The monoisotopic (exact) mass is 314 g/mol. The van der Waals surface area contributed by atoms with E-state index in [1.165, 1.54) is 5.56 Å². The number of hydrogen-bond acceptors (Lipinski definition) is 0. The van der Waals surface area contributed by atoms with Crippen LogP contribution in [0.4, 0.5) is 0 Å². The Labute approximate surface area is 108 Å².